The second-order valence-electron chi connectivity index (χ2n) is 3.09. The molecule has 0 heterocycles. The van der Waals surface area contributed by atoms with Crippen LogP contribution in [0.3, 0.4) is 0 Å². The molecule has 107 valence electrons. The predicted molar refractivity (Wildman–Crippen MR) is 52.6 cm³/mol. The normalized spacial score (nSPS) is 13.6. The number of rotatable bonds is 6. The summed E-state index contributed by atoms with van der Waals surface area (Å²) >= 11 is 0. The van der Waals surface area contributed by atoms with Gasteiger partial charge in [0.15, 0.2) is 0 Å². The molecule has 14 heteroatoms. The van der Waals surface area contributed by atoms with E-state index in [1.54, 1.807) is 0 Å². The van der Waals surface area contributed by atoms with Crippen LogP contribution in [0.25, 0.3) is 0 Å². The van der Waals surface area contributed by atoms with E-state index in [0.29, 0.717) is 4.90 Å². The number of hydrogen-bond donors (Lipinski definition) is 6. The fourth-order valence-corrected chi connectivity index (χ4v) is 3.55. The first kappa shape index (κ1) is 20.3. The van der Waals surface area contributed by atoms with Crippen LogP contribution >= 0.6 is 22.8 Å². The van der Waals surface area contributed by atoms with Crippen LogP contribution in [0.15, 0.2) is 0 Å². The molecule has 0 rings (SSSR count). The van der Waals surface area contributed by atoms with E-state index < -0.39 is 41.6 Å². The molecule has 0 saturated carbocycles. The number of hydrogen-bond acceptors (Lipinski definition) is 4. The maximum absolute atomic E-state index is 10.6. The largest absolute Gasteiger partial charge is 2.00 e. The van der Waals surface area contributed by atoms with Gasteiger partial charge in [0.05, 0.1) is 0 Å². The Labute approximate surface area is 107 Å². The Hall–Kier alpha value is 0.929. The van der Waals surface area contributed by atoms with Crippen LogP contribution in [-0.4, -0.2) is 53.1 Å². The zero-order chi connectivity index (χ0) is 13.2. The van der Waals surface area contributed by atoms with Crippen LogP contribution in [-0.2, 0) is 30.8 Å². The molecule has 0 spiro atoms. The van der Waals surface area contributed by atoms with Gasteiger partial charge < -0.3 is 29.4 Å². The fourth-order valence-electron chi connectivity index (χ4n) is 0.916. The monoisotopic (exact) mass is 362 g/mol. The molecule has 0 unspecified atom stereocenters. The van der Waals surface area contributed by atoms with Gasteiger partial charge in [0.1, 0.15) is 18.9 Å². The molecule has 0 bridgehead atoms. The van der Waals surface area contributed by atoms with Crippen molar-refractivity contribution >= 4 is 22.8 Å². The zero-order valence-electron chi connectivity index (χ0n) is 8.12. The third-order valence-corrected chi connectivity index (χ3v) is 3.46. The van der Waals surface area contributed by atoms with Gasteiger partial charge in [-0.05, 0) is 0 Å². The average molecular weight is 363 g/mol. The molecule has 0 aromatic rings. The van der Waals surface area contributed by atoms with Gasteiger partial charge in [-0.2, -0.15) is 0 Å². The minimum absolute atomic E-state index is 0. The van der Waals surface area contributed by atoms with Crippen LogP contribution < -0.4 is 0 Å². The van der Waals surface area contributed by atoms with Crippen LogP contribution in [0.5, 0.6) is 0 Å². The smallest absolute Gasteiger partial charge is 0.324 e. The van der Waals surface area contributed by atoms with Crippen LogP contribution in [0.2, 0.25) is 0 Å². The molecule has 1 radical (unpaired) electrons. The third kappa shape index (κ3) is 14.9. The summed E-state index contributed by atoms with van der Waals surface area (Å²) in [5.74, 6) is 0. The van der Waals surface area contributed by atoms with E-state index in [0.717, 1.165) is 0 Å². The van der Waals surface area contributed by atoms with E-state index >= 15 is 0 Å². The predicted octanol–water partition coefficient (Wildman–Crippen LogP) is -1.31. The van der Waals surface area contributed by atoms with Crippen molar-refractivity contribution in [3.05, 3.63) is 0 Å². The Morgan fingerprint density at radius 1 is 0.647 bits per heavy atom. The van der Waals surface area contributed by atoms with Gasteiger partial charge in [0.2, 0.25) is 0 Å². The van der Waals surface area contributed by atoms with Crippen molar-refractivity contribution in [2.75, 3.05) is 18.9 Å². The first-order valence-electron chi connectivity index (χ1n) is 3.65. The molecular weight excluding hydrogens is 350 g/mol. The molecule has 0 saturated heterocycles. The maximum Gasteiger partial charge on any atom is 2.00 e. The van der Waals surface area contributed by atoms with Gasteiger partial charge >= 0.3 is 39.9 Å². The average Bonchev–Trinajstić information content (AvgIpc) is 1.70. The second-order valence-corrected chi connectivity index (χ2v) is 7.93. The molecule has 0 aliphatic carbocycles. The molecule has 6 N–H and O–H groups in total. The molecule has 17 heavy (non-hydrogen) atoms. The van der Waals surface area contributed by atoms with Gasteiger partial charge in [-0.1, -0.05) is 0 Å². The van der Waals surface area contributed by atoms with Crippen molar-refractivity contribution in [1.29, 1.82) is 0 Å². The third-order valence-electron chi connectivity index (χ3n) is 1.15. The molecule has 0 aromatic carbocycles. The number of nitrogens with zero attached hydrogens (tertiary/aromatic N) is 1. The minimum atomic E-state index is -4.65. The van der Waals surface area contributed by atoms with E-state index in [1.165, 1.54) is 0 Å². The van der Waals surface area contributed by atoms with Gasteiger partial charge in [0.25, 0.3) is 0 Å². The molecule has 0 fully saturated rings. The van der Waals surface area contributed by atoms with Crippen molar-refractivity contribution in [3.8, 4) is 0 Å². The second kappa shape index (κ2) is 6.91. The Balaban J connectivity index is 0. The van der Waals surface area contributed by atoms with Gasteiger partial charge in [-0.25, -0.2) is 0 Å². The topological polar surface area (TPSA) is 176 Å². The summed E-state index contributed by atoms with van der Waals surface area (Å²) in [6.45, 7) is 0. The quantitative estimate of drug-likeness (QED) is 0.246. The van der Waals surface area contributed by atoms with E-state index in [2.05, 4.69) is 0 Å². The molecular formula is C3H12CuNO9P3+2. The summed E-state index contributed by atoms with van der Waals surface area (Å²) in [6, 6.07) is 0. The molecule has 0 atom stereocenters. The Bertz CT molecular complexity index is 311. The van der Waals surface area contributed by atoms with Crippen molar-refractivity contribution in [2.45, 2.75) is 0 Å². The standard InChI is InChI=1S/C3H12NO9P3.Cu/c5-14(6,7)1-4(2-15(8,9)10)3-16(11,12)13;/h1-3H2,(H2,5,6,7)(H2,8,9,10)(H2,11,12,13);/q;+2. The zero-order valence-corrected chi connectivity index (χ0v) is 11.7. The van der Waals surface area contributed by atoms with Crippen molar-refractivity contribution in [2.24, 2.45) is 0 Å². The van der Waals surface area contributed by atoms with Crippen molar-refractivity contribution < 1.29 is 60.1 Å². The Kier molecular flexibility index (Phi) is 8.23. The van der Waals surface area contributed by atoms with Crippen LogP contribution in [0, 0.1) is 0 Å². The molecule has 10 nitrogen and oxygen atoms in total. The maximum atomic E-state index is 10.6. The van der Waals surface area contributed by atoms with E-state index in [1.807, 2.05) is 0 Å². The minimum Gasteiger partial charge on any atom is -0.324 e. The summed E-state index contributed by atoms with van der Waals surface area (Å²) in [5.41, 5.74) is 0. The van der Waals surface area contributed by atoms with Gasteiger partial charge in [0, 0.05) is 0 Å². The van der Waals surface area contributed by atoms with Gasteiger partial charge in [-0.3, -0.25) is 18.6 Å². The molecule has 0 amide bonds. The first-order valence-corrected chi connectivity index (χ1v) is 9.04. The summed E-state index contributed by atoms with van der Waals surface area (Å²) < 4.78 is 31.7. The summed E-state index contributed by atoms with van der Waals surface area (Å²) in [4.78, 5) is 51.6. The van der Waals surface area contributed by atoms with Gasteiger partial charge in [-0.15, -0.1) is 0 Å². The SMILES string of the molecule is O=P(O)(O)CN(CP(=O)(O)O)CP(=O)(O)O.[Cu+2]. The summed E-state index contributed by atoms with van der Waals surface area (Å²) in [6.07, 6.45) is -3.41. The Morgan fingerprint density at radius 3 is 0.941 bits per heavy atom. The van der Waals surface area contributed by atoms with Crippen LogP contribution in [0.4, 0.5) is 0 Å². The van der Waals surface area contributed by atoms with Crippen LogP contribution in [0.1, 0.15) is 0 Å². The van der Waals surface area contributed by atoms with Crippen molar-refractivity contribution in [3.63, 3.8) is 0 Å². The summed E-state index contributed by atoms with van der Waals surface area (Å²) in [5, 5.41) is 0. The van der Waals surface area contributed by atoms with Crippen molar-refractivity contribution in [1.82, 2.24) is 4.90 Å². The van der Waals surface area contributed by atoms with E-state index in [4.69, 9.17) is 29.4 Å². The fraction of sp³-hybridized carbons (Fsp3) is 1.00. The van der Waals surface area contributed by atoms with E-state index in [-0.39, 0.29) is 17.1 Å². The molecule has 0 aromatic heterocycles. The molecule has 0 aliphatic heterocycles. The molecule has 0 aliphatic rings. The Morgan fingerprint density at radius 2 is 0.824 bits per heavy atom. The van der Waals surface area contributed by atoms with E-state index in [9.17, 15) is 13.7 Å². The summed E-state index contributed by atoms with van der Waals surface area (Å²) in [7, 11) is -14.0. The first-order chi connectivity index (χ1) is 6.79.